The normalized spacial score (nSPS) is 15.8. The summed E-state index contributed by atoms with van der Waals surface area (Å²) >= 11 is 0. The molecule has 2 aromatic carbocycles. The number of alkyl halides is 3. The molecule has 1 amide bonds. The Balaban J connectivity index is 1.37. The summed E-state index contributed by atoms with van der Waals surface area (Å²) in [6.45, 7) is -0.145. The minimum Gasteiger partial charge on any atom is -0.486 e. The highest BCUT2D eigenvalue weighted by Gasteiger charge is 2.30. The number of nitrogens with zero attached hydrogens (tertiary/aromatic N) is 1. The Morgan fingerprint density at radius 3 is 2.83 bits per heavy atom. The van der Waals surface area contributed by atoms with Crippen LogP contribution >= 0.6 is 0 Å². The second-order valence-electron chi connectivity index (χ2n) is 6.76. The van der Waals surface area contributed by atoms with Crippen LogP contribution in [0.4, 0.5) is 13.2 Å². The van der Waals surface area contributed by atoms with Gasteiger partial charge in [0.2, 0.25) is 0 Å². The molecule has 0 spiro atoms. The van der Waals surface area contributed by atoms with Gasteiger partial charge in [-0.15, -0.1) is 0 Å². The van der Waals surface area contributed by atoms with Crippen LogP contribution in [0.25, 0.3) is 0 Å². The summed E-state index contributed by atoms with van der Waals surface area (Å²) in [5.74, 6) is -0.0926. The number of rotatable bonds is 5. The number of carbonyl (C=O) groups excluding carboxylic acids is 1. The van der Waals surface area contributed by atoms with Crippen molar-refractivity contribution in [1.82, 2.24) is 10.5 Å². The predicted molar refractivity (Wildman–Crippen MR) is 97.2 cm³/mol. The molecule has 1 N–H and O–H groups in total. The first-order valence-electron chi connectivity index (χ1n) is 9.04. The lowest BCUT2D eigenvalue weighted by atomic mass is 10.1. The number of carbonyl (C=O) groups is 1. The van der Waals surface area contributed by atoms with E-state index in [4.69, 9.17) is 9.26 Å². The van der Waals surface area contributed by atoms with Gasteiger partial charge in [-0.25, -0.2) is 0 Å². The third-order valence-corrected chi connectivity index (χ3v) is 4.77. The van der Waals surface area contributed by atoms with Crippen LogP contribution in [-0.2, 0) is 19.2 Å². The highest BCUT2D eigenvalue weighted by Crippen LogP contribution is 2.32. The number of aromatic nitrogens is 1. The standard InChI is InChI=1S/C21H17F3N2O3/c22-21(23,24)14-5-3-6-15(10-14)28-12-16-11-19(26-29-16)20(27)25-18-9-8-13-4-1-2-7-17(13)18/h1-7,10-11,18H,8-9,12H2,(H,25,27). The monoisotopic (exact) mass is 402 g/mol. The largest absolute Gasteiger partial charge is 0.486 e. The van der Waals surface area contributed by atoms with E-state index in [-0.39, 0.29) is 35.8 Å². The van der Waals surface area contributed by atoms with E-state index in [1.807, 2.05) is 24.3 Å². The van der Waals surface area contributed by atoms with Gasteiger partial charge < -0.3 is 14.6 Å². The Hall–Kier alpha value is -3.29. The second-order valence-corrected chi connectivity index (χ2v) is 6.76. The van der Waals surface area contributed by atoms with Crippen LogP contribution < -0.4 is 10.1 Å². The van der Waals surface area contributed by atoms with Crippen LogP contribution in [0.2, 0.25) is 0 Å². The van der Waals surface area contributed by atoms with Crippen molar-refractivity contribution in [2.75, 3.05) is 0 Å². The van der Waals surface area contributed by atoms with Crippen LogP contribution in [0.3, 0.4) is 0 Å². The van der Waals surface area contributed by atoms with Crippen molar-refractivity contribution < 1.29 is 27.2 Å². The van der Waals surface area contributed by atoms with Crippen LogP contribution in [0, 0.1) is 0 Å². The molecule has 0 aliphatic heterocycles. The quantitative estimate of drug-likeness (QED) is 0.673. The maximum Gasteiger partial charge on any atom is 0.416 e. The SMILES string of the molecule is O=C(NC1CCc2ccccc21)c1cc(COc2cccc(C(F)(F)F)c2)on1. The molecule has 0 saturated carbocycles. The Kier molecular flexibility index (Phi) is 5.00. The van der Waals surface area contributed by atoms with Crippen LogP contribution in [0.1, 0.15) is 45.4 Å². The number of aryl methyl sites for hydroxylation is 1. The number of amides is 1. The maximum atomic E-state index is 12.8. The van der Waals surface area contributed by atoms with Crippen molar-refractivity contribution in [3.63, 3.8) is 0 Å². The lowest BCUT2D eigenvalue weighted by Crippen LogP contribution is -2.27. The Morgan fingerprint density at radius 2 is 2.00 bits per heavy atom. The highest BCUT2D eigenvalue weighted by molar-refractivity contribution is 5.92. The van der Waals surface area contributed by atoms with Crippen molar-refractivity contribution in [2.45, 2.75) is 31.7 Å². The maximum absolute atomic E-state index is 12.8. The van der Waals surface area contributed by atoms with Gasteiger partial charge in [-0.3, -0.25) is 4.79 Å². The molecule has 29 heavy (non-hydrogen) atoms. The van der Waals surface area contributed by atoms with E-state index in [0.717, 1.165) is 30.5 Å². The topological polar surface area (TPSA) is 64.4 Å². The minimum atomic E-state index is -4.45. The summed E-state index contributed by atoms with van der Waals surface area (Å²) in [7, 11) is 0. The van der Waals surface area contributed by atoms with Gasteiger partial charge in [-0.2, -0.15) is 13.2 Å². The molecule has 1 unspecified atom stereocenters. The van der Waals surface area contributed by atoms with Gasteiger partial charge in [0.15, 0.2) is 11.5 Å². The summed E-state index contributed by atoms with van der Waals surface area (Å²) < 4.78 is 48.7. The van der Waals surface area contributed by atoms with Gasteiger partial charge in [-0.05, 0) is 42.2 Å². The number of halogens is 3. The molecule has 8 heteroatoms. The van der Waals surface area contributed by atoms with E-state index in [1.165, 1.54) is 23.8 Å². The zero-order chi connectivity index (χ0) is 20.4. The molecular formula is C21H17F3N2O3. The fourth-order valence-corrected chi connectivity index (χ4v) is 3.34. The van der Waals surface area contributed by atoms with E-state index >= 15 is 0 Å². The van der Waals surface area contributed by atoms with Crippen LogP contribution in [-0.4, -0.2) is 11.1 Å². The van der Waals surface area contributed by atoms with E-state index in [1.54, 1.807) is 0 Å². The van der Waals surface area contributed by atoms with E-state index in [0.29, 0.717) is 0 Å². The van der Waals surface area contributed by atoms with Crippen molar-refractivity contribution in [3.8, 4) is 5.75 Å². The fourth-order valence-electron chi connectivity index (χ4n) is 3.34. The molecule has 1 heterocycles. The number of fused-ring (bicyclic) bond motifs is 1. The molecule has 150 valence electrons. The molecule has 0 saturated heterocycles. The zero-order valence-electron chi connectivity index (χ0n) is 15.2. The third-order valence-electron chi connectivity index (χ3n) is 4.77. The summed E-state index contributed by atoms with van der Waals surface area (Å²) in [5, 5.41) is 6.67. The minimum absolute atomic E-state index is 0.0461. The van der Waals surface area contributed by atoms with Gasteiger partial charge in [0, 0.05) is 6.07 Å². The Morgan fingerprint density at radius 1 is 1.17 bits per heavy atom. The molecular weight excluding hydrogens is 385 g/mol. The molecule has 1 atom stereocenters. The Labute approximate surface area is 164 Å². The average Bonchev–Trinajstić information content (AvgIpc) is 3.34. The third kappa shape index (κ3) is 4.26. The van der Waals surface area contributed by atoms with Gasteiger partial charge in [-0.1, -0.05) is 35.5 Å². The van der Waals surface area contributed by atoms with Crippen molar-refractivity contribution in [1.29, 1.82) is 0 Å². The smallest absolute Gasteiger partial charge is 0.416 e. The molecule has 0 radical (unpaired) electrons. The summed E-state index contributed by atoms with van der Waals surface area (Å²) in [5.41, 5.74) is 1.60. The number of hydrogen-bond donors (Lipinski definition) is 1. The first-order valence-corrected chi connectivity index (χ1v) is 9.04. The number of ether oxygens (including phenoxy) is 1. The van der Waals surface area contributed by atoms with Crippen LogP contribution in [0.15, 0.2) is 59.1 Å². The fraction of sp³-hybridized carbons (Fsp3) is 0.238. The van der Waals surface area contributed by atoms with Gasteiger partial charge in [0.1, 0.15) is 12.4 Å². The molecule has 1 aliphatic rings. The first-order chi connectivity index (χ1) is 13.9. The summed E-state index contributed by atoms with van der Waals surface area (Å²) in [6.07, 6.45) is -2.74. The van der Waals surface area contributed by atoms with Gasteiger partial charge >= 0.3 is 6.18 Å². The summed E-state index contributed by atoms with van der Waals surface area (Å²) in [4.78, 5) is 12.5. The van der Waals surface area contributed by atoms with E-state index in [2.05, 4.69) is 10.5 Å². The van der Waals surface area contributed by atoms with E-state index < -0.39 is 11.7 Å². The van der Waals surface area contributed by atoms with Crippen LogP contribution in [0.5, 0.6) is 5.75 Å². The molecule has 1 aliphatic carbocycles. The van der Waals surface area contributed by atoms with E-state index in [9.17, 15) is 18.0 Å². The Bertz CT molecular complexity index is 1030. The highest BCUT2D eigenvalue weighted by atomic mass is 19.4. The van der Waals surface area contributed by atoms with Gasteiger partial charge in [0.25, 0.3) is 5.91 Å². The average molecular weight is 402 g/mol. The first kappa shape index (κ1) is 19.0. The molecule has 4 rings (SSSR count). The molecule has 0 bridgehead atoms. The lowest BCUT2D eigenvalue weighted by Gasteiger charge is -2.12. The number of nitrogens with one attached hydrogen (secondary N) is 1. The molecule has 5 nitrogen and oxygen atoms in total. The zero-order valence-corrected chi connectivity index (χ0v) is 15.2. The summed E-state index contributed by atoms with van der Waals surface area (Å²) in [6, 6.07) is 13.8. The van der Waals surface area contributed by atoms with Gasteiger partial charge in [0.05, 0.1) is 11.6 Å². The number of hydrogen-bond acceptors (Lipinski definition) is 4. The number of benzene rings is 2. The second kappa shape index (κ2) is 7.62. The molecule has 3 aromatic rings. The van der Waals surface area contributed by atoms with Crippen molar-refractivity contribution in [3.05, 3.63) is 82.7 Å². The van der Waals surface area contributed by atoms with Crippen molar-refractivity contribution in [2.24, 2.45) is 0 Å². The molecule has 1 aromatic heterocycles. The van der Waals surface area contributed by atoms with Crippen molar-refractivity contribution >= 4 is 5.91 Å². The lowest BCUT2D eigenvalue weighted by molar-refractivity contribution is -0.137. The predicted octanol–water partition coefficient (Wildman–Crippen LogP) is 4.69. The molecule has 0 fully saturated rings.